The minimum absolute atomic E-state index is 0.00528. The first-order valence-electron chi connectivity index (χ1n) is 9.34. The highest BCUT2D eigenvalue weighted by molar-refractivity contribution is 7.97. The second-order valence-electron chi connectivity index (χ2n) is 7.58. The van der Waals surface area contributed by atoms with Gasteiger partial charge in [0.2, 0.25) is 0 Å². The lowest BCUT2D eigenvalue weighted by molar-refractivity contribution is 0.276. The van der Waals surface area contributed by atoms with E-state index >= 15 is 0 Å². The quantitative estimate of drug-likeness (QED) is 0.605. The zero-order chi connectivity index (χ0) is 20.6. The predicted octanol–water partition coefficient (Wildman–Crippen LogP) is 5.30. The third-order valence-corrected chi connectivity index (χ3v) is 6.23. The Labute approximate surface area is 177 Å². The summed E-state index contributed by atoms with van der Waals surface area (Å²) in [6, 6.07) is 4.20. The summed E-state index contributed by atoms with van der Waals surface area (Å²) in [5.41, 5.74) is 1.09. The number of nitrogens with zero attached hydrogens (tertiary/aromatic N) is 5. The number of rotatable bonds is 4. The standard InChI is InChI=1S/C20H20ClFN6S/c1-20(11-23)5-3-4-13(7-20)26-18-16(22)9-24-17(27-18)15-10-28(29-2)19-14(15)6-12(21)8-25-19/h6,8-10,13H,3-5,7H2,1-2H3,(H,24,26,27). The molecule has 29 heavy (non-hydrogen) atoms. The first kappa shape index (κ1) is 19.9. The van der Waals surface area contributed by atoms with Crippen LogP contribution >= 0.6 is 23.5 Å². The summed E-state index contributed by atoms with van der Waals surface area (Å²) in [6.45, 7) is 1.95. The van der Waals surface area contributed by atoms with Crippen LogP contribution in [0.1, 0.15) is 32.6 Å². The molecule has 1 fully saturated rings. The SMILES string of the molecule is CSn1cc(-c2ncc(F)c(NC3CCCC(C)(C#N)C3)n2)c2cc(Cl)cnc21. The fraction of sp³-hybridized carbons (Fsp3) is 0.400. The van der Waals surface area contributed by atoms with Gasteiger partial charge in [0.05, 0.1) is 22.7 Å². The van der Waals surface area contributed by atoms with Gasteiger partial charge in [0, 0.05) is 35.6 Å². The van der Waals surface area contributed by atoms with Crippen LogP contribution in [0.3, 0.4) is 0 Å². The Morgan fingerprint density at radius 2 is 2.24 bits per heavy atom. The van der Waals surface area contributed by atoms with Crippen molar-refractivity contribution in [2.75, 3.05) is 11.6 Å². The van der Waals surface area contributed by atoms with Crippen LogP contribution in [-0.4, -0.2) is 31.2 Å². The van der Waals surface area contributed by atoms with Crippen LogP contribution in [0, 0.1) is 22.6 Å². The van der Waals surface area contributed by atoms with Crippen LogP contribution in [-0.2, 0) is 0 Å². The smallest absolute Gasteiger partial charge is 0.183 e. The van der Waals surface area contributed by atoms with E-state index in [-0.39, 0.29) is 11.9 Å². The zero-order valence-corrected chi connectivity index (χ0v) is 17.7. The number of nitrogens with one attached hydrogen (secondary N) is 1. The molecule has 2 atom stereocenters. The molecule has 0 aliphatic heterocycles. The van der Waals surface area contributed by atoms with Crippen molar-refractivity contribution in [3.05, 3.63) is 35.5 Å². The normalized spacial score (nSPS) is 21.8. The van der Waals surface area contributed by atoms with Crippen LogP contribution in [0.4, 0.5) is 10.2 Å². The monoisotopic (exact) mass is 430 g/mol. The molecule has 6 nitrogen and oxygen atoms in total. The minimum Gasteiger partial charge on any atom is -0.365 e. The van der Waals surface area contributed by atoms with Crippen LogP contribution in [0.2, 0.25) is 5.02 Å². The second-order valence-corrected chi connectivity index (χ2v) is 8.77. The van der Waals surface area contributed by atoms with Crippen molar-refractivity contribution in [1.29, 1.82) is 5.26 Å². The third kappa shape index (κ3) is 3.89. The Hall–Kier alpha value is -2.37. The molecule has 0 radical (unpaired) electrons. The molecule has 1 aliphatic rings. The maximum atomic E-state index is 14.5. The molecule has 4 rings (SSSR count). The molecule has 3 aromatic heterocycles. The van der Waals surface area contributed by atoms with Gasteiger partial charge in [0.1, 0.15) is 0 Å². The van der Waals surface area contributed by atoms with Gasteiger partial charge in [-0.3, -0.25) is 3.97 Å². The van der Waals surface area contributed by atoms with Gasteiger partial charge in [-0.25, -0.2) is 19.3 Å². The molecule has 150 valence electrons. The molecule has 1 aliphatic carbocycles. The van der Waals surface area contributed by atoms with E-state index in [0.29, 0.717) is 17.3 Å². The van der Waals surface area contributed by atoms with Crippen molar-refractivity contribution in [1.82, 2.24) is 18.9 Å². The van der Waals surface area contributed by atoms with Crippen LogP contribution in [0.5, 0.6) is 0 Å². The number of nitriles is 1. The van der Waals surface area contributed by atoms with E-state index < -0.39 is 11.2 Å². The average Bonchev–Trinajstić information content (AvgIpc) is 3.07. The van der Waals surface area contributed by atoms with Gasteiger partial charge in [-0.15, -0.1) is 0 Å². The molecule has 3 aromatic rings. The van der Waals surface area contributed by atoms with E-state index in [1.165, 1.54) is 18.1 Å². The van der Waals surface area contributed by atoms with Crippen molar-refractivity contribution in [3.8, 4) is 17.5 Å². The van der Waals surface area contributed by atoms with Gasteiger partial charge in [-0.05, 0) is 50.6 Å². The van der Waals surface area contributed by atoms with Crippen molar-refractivity contribution < 1.29 is 4.39 Å². The van der Waals surface area contributed by atoms with Crippen LogP contribution < -0.4 is 5.32 Å². The topological polar surface area (TPSA) is 79.4 Å². The van der Waals surface area contributed by atoms with Gasteiger partial charge in [-0.2, -0.15) is 5.26 Å². The number of hydrogen-bond donors (Lipinski definition) is 1. The van der Waals surface area contributed by atoms with Gasteiger partial charge in [-0.1, -0.05) is 11.6 Å². The van der Waals surface area contributed by atoms with E-state index in [1.54, 1.807) is 6.20 Å². The van der Waals surface area contributed by atoms with Gasteiger partial charge in [0.25, 0.3) is 0 Å². The highest BCUT2D eigenvalue weighted by atomic mass is 35.5. The zero-order valence-electron chi connectivity index (χ0n) is 16.1. The van der Waals surface area contributed by atoms with Gasteiger partial charge < -0.3 is 5.32 Å². The number of halogens is 2. The van der Waals surface area contributed by atoms with Crippen molar-refractivity contribution in [2.24, 2.45) is 5.41 Å². The minimum atomic E-state index is -0.511. The Balaban J connectivity index is 1.70. The van der Waals surface area contributed by atoms with Crippen LogP contribution in [0.15, 0.2) is 24.7 Å². The molecule has 3 heterocycles. The first-order chi connectivity index (χ1) is 13.9. The maximum absolute atomic E-state index is 14.5. The number of pyridine rings is 1. The number of hydrogen-bond acceptors (Lipinski definition) is 6. The molecule has 0 saturated heterocycles. The Morgan fingerprint density at radius 1 is 1.41 bits per heavy atom. The molecule has 1 saturated carbocycles. The van der Waals surface area contributed by atoms with Crippen LogP contribution in [0.25, 0.3) is 22.4 Å². The summed E-state index contributed by atoms with van der Waals surface area (Å²) in [7, 11) is 0. The Morgan fingerprint density at radius 3 is 3.00 bits per heavy atom. The largest absolute Gasteiger partial charge is 0.365 e. The van der Waals surface area contributed by atoms with E-state index in [0.717, 1.165) is 35.9 Å². The molecule has 0 spiro atoms. The molecule has 1 N–H and O–H groups in total. The third-order valence-electron chi connectivity index (χ3n) is 5.35. The van der Waals surface area contributed by atoms with Crippen molar-refractivity contribution in [2.45, 2.75) is 38.6 Å². The fourth-order valence-corrected chi connectivity index (χ4v) is 4.56. The summed E-state index contributed by atoms with van der Waals surface area (Å²) in [5.74, 6) is 0.0413. The average molecular weight is 431 g/mol. The Bertz CT molecular complexity index is 1110. The first-order valence-corrected chi connectivity index (χ1v) is 10.9. The lowest BCUT2D eigenvalue weighted by Crippen LogP contribution is -2.33. The van der Waals surface area contributed by atoms with Gasteiger partial charge in [0.15, 0.2) is 23.1 Å². The Kier molecular flexibility index (Phi) is 5.36. The van der Waals surface area contributed by atoms with Crippen molar-refractivity contribution in [3.63, 3.8) is 0 Å². The second kappa shape index (κ2) is 7.81. The molecule has 0 amide bonds. The fourth-order valence-electron chi connectivity index (χ4n) is 3.87. The summed E-state index contributed by atoms with van der Waals surface area (Å²) >= 11 is 7.63. The van der Waals surface area contributed by atoms with E-state index in [9.17, 15) is 9.65 Å². The van der Waals surface area contributed by atoms with Gasteiger partial charge >= 0.3 is 0 Å². The number of aromatic nitrogens is 4. The summed E-state index contributed by atoms with van der Waals surface area (Å²) < 4.78 is 16.4. The van der Waals surface area contributed by atoms with E-state index in [2.05, 4.69) is 26.3 Å². The highest BCUT2D eigenvalue weighted by Gasteiger charge is 2.32. The lowest BCUT2D eigenvalue weighted by atomic mass is 9.74. The molecule has 2 unspecified atom stereocenters. The van der Waals surface area contributed by atoms with Crippen molar-refractivity contribution >= 4 is 40.4 Å². The molecule has 9 heteroatoms. The predicted molar refractivity (Wildman–Crippen MR) is 114 cm³/mol. The number of fused-ring (bicyclic) bond motifs is 1. The lowest BCUT2D eigenvalue weighted by Gasteiger charge is -2.33. The van der Waals surface area contributed by atoms with E-state index in [1.807, 2.05) is 29.4 Å². The maximum Gasteiger partial charge on any atom is 0.183 e. The number of anilines is 1. The molecular weight excluding hydrogens is 411 g/mol. The molecule has 0 aromatic carbocycles. The summed E-state index contributed by atoms with van der Waals surface area (Å²) in [4.78, 5) is 13.1. The van der Waals surface area contributed by atoms with E-state index in [4.69, 9.17) is 11.6 Å². The molecular formula is C20H20ClFN6S. The summed E-state index contributed by atoms with van der Waals surface area (Å²) in [6.07, 6.45) is 9.91. The summed E-state index contributed by atoms with van der Waals surface area (Å²) in [5, 5.41) is 13.9. The molecule has 0 bridgehead atoms. The highest BCUT2D eigenvalue weighted by Crippen LogP contribution is 2.37.